The van der Waals surface area contributed by atoms with E-state index in [1.165, 1.54) is 25.6 Å². The van der Waals surface area contributed by atoms with Gasteiger partial charge in [-0.25, -0.2) is 9.97 Å². The number of nitrogens with two attached hydrogens (primary N) is 1. The average Bonchev–Trinajstić information content (AvgIpc) is 2.84. The first-order valence-electron chi connectivity index (χ1n) is 6.72. The fourth-order valence-electron chi connectivity index (χ4n) is 2.59. The predicted molar refractivity (Wildman–Crippen MR) is 71.6 cm³/mol. The molecule has 0 spiro atoms. The Labute approximate surface area is 108 Å². The topological polar surface area (TPSA) is 73.1 Å². The van der Waals surface area contributed by atoms with Gasteiger partial charge in [0.2, 0.25) is 5.88 Å². The van der Waals surface area contributed by atoms with Gasteiger partial charge in [-0.15, -0.1) is 0 Å². The molecule has 1 aliphatic rings. The minimum absolute atomic E-state index is 0.619. The van der Waals surface area contributed by atoms with Crippen LogP contribution in [0.3, 0.4) is 0 Å². The second kappa shape index (κ2) is 6.54. The van der Waals surface area contributed by atoms with Crippen LogP contribution in [0.1, 0.15) is 26.2 Å². The molecule has 5 nitrogen and oxygen atoms in total. The smallest absolute Gasteiger partial charge is 0.218 e. The van der Waals surface area contributed by atoms with Gasteiger partial charge in [0.15, 0.2) is 0 Å². The molecule has 5 heteroatoms. The van der Waals surface area contributed by atoms with Gasteiger partial charge in [0, 0.05) is 12.6 Å². The molecular weight excluding hydrogens is 228 g/mol. The van der Waals surface area contributed by atoms with Crippen molar-refractivity contribution in [1.82, 2.24) is 9.97 Å². The van der Waals surface area contributed by atoms with Crippen LogP contribution in [0.4, 0.5) is 5.82 Å². The van der Waals surface area contributed by atoms with Crippen molar-refractivity contribution in [3.05, 3.63) is 12.4 Å². The van der Waals surface area contributed by atoms with Crippen LogP contribution >= 0.6 is 0 Å². The summed E-state index contributed by atoms with van der Waals surface area (Å²) in [5, 5.41) is 3.36. The molecular formula is C13H22N4O. The van der Waals surface area contributed by atoms with Gasteiger partial charge in [0.05, 0.1) is 6.61 Å². The third-order valence-electron chi connectivity index (χ3n) is 3.60. The van der Waals surface area contributed by atoms with Crippen molar-refractivity contribution in [3.63, 3.8) is 0 Å². The number of anilines is 1. The van der Waals surface area contributed by atoms with Gasteiger partial charge in [-0.3, -0.25) is 0 Å². The lowest BCUT2D eigenvalue weighted by molar-refractivity contribution is 0.326. The number of hydrogen-bond donors (Lipinski definition) is 2. The predicted octanol–water partition coefficient (Wildman–Crippen LogP) is 1.66. The van der Waals surface area contributed by atoms with Gasteiger partial charge in [-0.05, 0) is 38.1 Å². The zero-order valence-corrected chi connectivity index (χ0v) is 10.9. The van der Waals surface area contributed by atoms with Gasteiger partial charge in [-0.1, -0.05) is 6.42 Å². The van der Waals surface area contributed by atoms with Gasteiger partial charge in [0.25, 0.3) is 0 Å². The monoisotopic (exact) mass is 250 g/mol. The number of ether oxygens (including phenoxy) is 1. The number of rotatable bonds is 6. The summed E-state index contributed by atoms with van der Waals surface area (Å²) in [5.41, 5.74) is 5.78. The lowest BCUT2D eigenvalue weighted by Crippen LogP contribution is -2.24. The Kier molecular flexibility index (Phi) is 4.75. The molecule has 3 N–H and O–H groups in total. The lowest BCUT2D eigenvalue weighted by Gasteiger charge is -2.18. The summed E-state index contributed by atoms with van der Waals surface area (Å²) in [6.45, 7) is 4.29. The van der Waals surface area contributed by atoms with Crippen molar-refractivity contribution in [3.8, 4) is 5.88 Å². The van der Waals surface area contributed by atoms with Gasteiger partial charge in [0.1, 0.15) is 12.1 Å². The average molecular weight is 250 g/mol. The van der Waals surface area contributed by atoms with Crippen molar-refractivity contribution in [2.75, 3.05) is 25.0 Å². The molecule has 0 radical (unpaired) electrons. The van der Waals surface area contributed by atoms with E-state index >= 15 is 0 Å². The molecule has 0 aromatic carbocycles. The summed E-state index contributed by atoms with van der Waals surface area (Å²) in [6.07, 6.45) is 5.35. The summed E-state index contributed by atoms with van der Waals surface area (Å²) in [7, 11) is 0. The van der Waals surface area contributed by atoms with Crippen LogP contribution in [0.15, 0.2) is 12.4 Å². The van der Waals surface area contributed by atoms with E-state index in [1.807, 2.05) is 13.0 Å². The number of nitrogens with zero attached hydrogens (tertiary/aromatic N) is 2. The van der Waals surface area contributed by atoms with Gasteiger partial charge < -0.3 is 15.8 Å². The molecule has 0 bridgehead atoms. The zero-order valence-electron chi connectivity index (χ0n) is 10.9. The van der Waals surface area contributed by atoms with Crippen molar-refractivity contribution < 1.29 is 4.74 Å². The Morgan fingerprint density at radius 3 is 3.00 bits per heavy atom. The van der Waals surface area contributed by atoms with E-state index in [0.29, 0.717) is 24.3 Å². The van der Waals surface area contributed by atoms with Crippen molar-refractivity contribution >= 4 is 5.82 Å². The second-order valence-electron chi connectivity index (χ2n) is 4.74. The molecule has 0 aliphatic heterocycles. The van der Waals surface area contributed by atoms with Crippen molar-refractivity contribution in [1.29, 1.82) is 0 Å². The van der Waals surface area contributed by atoms with Gasteiger partial charge >= 0.3 is 0 Å². The van der Waals surface area contributed by atoms with Crippen LogP contribution in [-0.2, 0) is 0 Å². The van der Waals surface area contributed by atoms with Crippen LogP contribution in [0.2, 0.25) is 0 Å². The quantitative estimate of drug-likeness (QED) is 0.803. The lowest BCUT2D eigenvalue weighted by atomic mass is 9.96. The van der Waals surface area contributed by atoms with Gasteiger partial charge in [-0.2, -0.15) is 0 Å². The Bertz CT molecular complexity index is 372. The molecule has 2 atom stereocenters. The molecule has 0 amide bonds. The second-order valence-corrected chi connectivity index (χ2v) is 4.74. The third kappa shape index (κ3) is 3.32. The summed E-state index contributed by atoms with van der Waals surface area (Å²) in [6, 6.07) is 1.84. The molecule has 1 heterocycles. The highest BCUT2D eigenvalue weighted by molar-refractivity contribution is 5.37. The van der Waals surface area contributed by atoms with E-state index in [4.69, 9.17) is 10.5 Å². The molecule has 2 unspecified atom stereocenters. The zero-order chi connectivity index (χ0) is 12.8. The van der Waals surface area contributed by atoms with E-state index in [2.05, 4.69) is 15.3 Å². The van der Waals surface area contributed by atoms with Crippen molar-refractivity contribution in [2.24, 2.45) is 17.6 Å². The maximum Gasteiger partial charge on any atom is 0.218 e. The molecule has 100 valence electrons. The Hall–Kier alpha value is -1.36. The molecule has 18 heavy (non-hydrogen) atoms. The van der Waals surface area contributed by atoms with Crippen LogP contribution in [0, 0.1) is 11.8 Å². The van der Waals surface area contributed by atoms with E-state index < -0.39 is 0 Å². The minimum atomic E-state index is 0.619. The number of hydrogen-bond acceptors (Lipinski definition) is 5. The van der Waals surface area contributed by atoms with E-state index in [0.717, 1.165) is 18.9 Å². The van der Waals surface area contributed by atoms with E-state index in [9.17, 15) is 0 Å². The first-order valence-corrected chi connectivity index (χ1v) is 6.72. The number of nitrogens with one attached hydrogen (secondary N) is 1. The first-order chi connectivity index (χ1) is 8.83. The Morgan fingerprint density at radius 1 is 1.39 bits per heavy atom. The normalized spacial score (nSPS) is 23.0. The third-order valence-corrected chi connectivity index (χ3v) is 3.60. The summed E-state index contributed by atoms with van der Waals surface area (Å²) >= 11 is 0. The number of aromatic nitrogens is 2. The Balaban J connectivity index is 1.87. The molecule has 1 aromatic heterocycles. The highest BCUT2D eigenvalue weighted by Crippen LogP contribution is 2.30. The highest BCUT2D eigenvalue weighted by Gasteiger charge is 2.25. The summed E-state index contributed by atoms with van der Waals surface area (Å²) in [5.74, 6) is 2.78. The van der Waals surface area contributed by atoms with Crippen LogP contribution in [0.5, 0.6) is 5.88 Å². The standard InChI is InChI=1S/C13H22N4O/c1-2-18-13-6-12(16-9-17-13)15-8-11-5-3-4-10(11)7-14/h6,9-11H,2-5,7-8,14H2,1H3,(H,15,16,17). The molecule has 1 aliphatic carbocycles. The fourth-order valence-corrected chi connectivity index (χ4v) is 2.59. The Morgan fingerprint density at radius 2 is 2.22 bits per heavy atom. The largest absolute Gasteiger partial charge is 0.478 e. The van der Waals surface area contributed by atoms with Crippen molar-refractivity contribution in [2.45, 2.75) is 26.2 Å². The maximum atomic E-state index is 5.78. The molecule has 0 saturated heterocycles. The molecule has 2 rings (SSSR count). The molecule has 1 fully saturated rings. The molecule has 1 saturated carbocycles. The van der Waals surface area contributed by atoms with Crippen LogP contribution in [0.25, 0.3) is 0 Å². The van der Waals surface area contributed by atoms with E-state index in [-0.39, 0.29) is 0 Å². The first kappa shape index (κ1) is 13.1. The highest BCUT2D eigenvalue weighted by atomic mass is 16.5. The minimum Gasteiger partial charge on any atom is -0.478 e. The molecule has 1 aromatic rings. The SMILES string of the molecule is CCOc1cc(NCC2CCCC2CN)ncn1. The van der Waals surface area contributed by atoms with Crippen LogP contribution in [-0.4, -0.2) is 29.7 Å². The summed E-state index contributed by atoms with van der Waals surface area (Å²) < 4.78 is 5.35. The summed E-state index contributed by atoms with van der Waals surface area (Å²) in [4.78, 5) is 8.25. The maximum absolute atomic E-state index is 5.78. The van der Waals surface area contributed by atoms with E-state index in [1.54, 1.807) is 0 Å². The van der Waals surface area contributed by atoms with Crippen LogP contribution < -0.4 is 15.8 Å². The fraction of sp³-hybridized carbons (Fsp3) is 0.692.